The first-order valence-corrected chi connectivity index (χ1v) is 8.97. The molecule has 118 valence electrons. The van der Waals surface area contributed by atoms with Crippen molar-refractivity contribution in [2.24, 2.45) is 0 Å². The van der Waals surface area contributed by atoms with Gasteiger partial charge in [0, 0.05) is 18.9 Å². The van der Waals surface area contributed by atoms with Crippen LogP contribution in [-0.2, 0) is 9.84 Å². The van der Waals surface area contributed by atoms with Crippen molar-refractivity contribution in [2.75, 3.05) is 12.3 Å². The fraction of sp³-hybridized carbons (Fsp3) is 0.400. The molecule has 0 saturated carbocycles. The minimum absolute atomic E-state index is 0.265. The van der Waals surface area contributed by atoms with Crippen LogP contribution in [0.2, 0.25) is 0 Å². The number of H-pyrrole nitrogens is 1. The average molecular weight is 323 g/mol. The van der Waals surface area contributed by atoms with Crippen LogP contribution in [-0.4, -0.2) is 35.9 Å². The summed E-state index contributed by atoms with van der Waals surface area (Å²) in [7, 11) is -2.99. The highest BCUT2D eigenvalue weighted by molar-refractivity contribution is 7.92. The summed E-state index contributed by atoms with van der Waals surface area (Å²) in [6.07, 6.45) is 4.75. The minimum atomic E-state index is -2.99. The molecule has 7 heteroatoms. The molecule has 0 unspecified atom stereocenters. The number of nitrogens with zero attached hydrogens (tertiary/aromatic N) is 1. The summed E-state index contributed by atoms with van der Waals surface area (Å²) in [5.41, 5.74) is 0.840. The van der Waals surface area contributed by atoms with Crippen molar-refractivity contribution < 1.29 is 12.8 Å². The summed E-state index contributed by atoms with van der Waals surface area (Å²) in [6, 6.07) is 5.85. The Morgan fingerprint density at radius 3 is 2.73 bits per heavy atom. The van der Waals surface area contributed by atoms with E-state index in [0.29, 0.717) is 18.8 Å². The van der Waals surface area contributed by atoms with Crippen LogP contribution in [0.3, 0.4) is 0 Å². The van der Waals surface area contributed by atoms with Crippen molar-refractivity contribution in [1.29, 1.82) is 0 Å². The summed E-state index contributed by atoms with van der Waals surface area (Å²) >= 11 is 0. The maximum atomic E-state index is 13.1. The van der Waals surface area contributed by atoms with E-state index in [4.69, 9.17) is 0 Å². The predicted octanol–water partition coefficient (Wildman–Crippen LogP) is 1.80. The SMILES string of the molecule is O=S1(=O)CCC[C@@H]1CN[C@@H](c1ccc(F)cc1)c1ncc[nH]1. The van der Waals surface area contributed by atoms with Gasteiger partial charge in [-0.15, -0.1) is 0 Å². The number of sulfone groups is 1. The Bertz CT molecular complexity index is 714. The summed E-state index contributed by atoms with van der Waals surface area (Å²) < 4.78 is 37.0. The second-order valence-electron chi connectivity index (χ2n) is 5.50. The van der Waals surface area contributed by atoms with Crippen LogP contribution in [0.25, 0.3) is 0 Å². The van der Waals surface area contributed by atoms with Crippen LogP contribution < -0.4 is 5.32 Å². The number of hydrogen-bond donors (Lipinski definition) is 2. The molecule has 1 saturated heterocycles. The monoisotopic (exact) mass is 323 g/mol. The Morgan fingerprint density at radius 1 is 1.36 bits per heavy atom. The molecule has 1 aliphatic rings. The molecule has 0 spiro atoms. The van der Waals surface area contributed by atoms with Gasteiger partial charge in [-0.05, 0) is 30.5 Å². The molecule has 0 bridgehead atoms. The van der Waals surface area contributed by atoms with Crippen molar-refractivity contribution in [3.63, 3.8) is 0 Å². The number of nitrogens with one attached hydrogen (secondary N) is 2. The standard InChI is InChI=1S/C15H18FN3O2S/c16-12-5-3-11(4-6-12)14(15-17-7-8-18-15)19-10-13-2-1-9-22(13,20)21/h3-8,13-14,19H,1-2,9-10H2,(H,17,18)/t13-,14+/m1/s1. The van der Waals surface area contributed by atoms with E-state index in [1.165, 1.54) is 12.1 Å². The summed E-state index contributed by atoms with van der Waals surface area (Å²) in [5, 5.41) is 2.90. The Labute approximate surface area is 128 Å². The number of hydrogen-bond acceptors (Lipinski definition) is 4. The molecule has 0 amide bonds. The molecule has 2 heterocycles. The zero-order valence-electron chi connectivity index (χ0n) is 12.0. The van der Waals surface area contributed by atoms with Gasteiger partial charge >= 0.3 is 0 Å². The number of imidazole rings is 1. The van der Waals surface area contributed by atoms with Gasteiger partial charge in [-0.1, -0.05) is 12.1 Å². The zero-order valence-corrected chi connectivity index (χ0v) is 12.8. The van der Waals surface area contributed by atoms with Gasteiger partial charge in [0.25, 0.3) is 0 Å². The lowest BCUT2D eigenvalue weighted by Crippen LogP contribution is -2.34. The van der Waals surface area contributed by atoms with Gasteiger partial charge < -0.3 is 10.3 Å². The molecule has 1 aliphatic heterocycles. The molecule has 22 heavy (non-hydrogen) atoms. The van der Waals surface area contributed by atoms with Crippen molar-refractivity contribution in [2.45, 2.75) is 24.1 Å². The van der Waals surface area contributed by atoms with Crippen molar-refractivity contribution in [1.82, 2.24) is 15.3 Å². The maximum Gasteiger partial charge on any atom is 0.154 e. The van der Waals surface area contributed by atoms with Crippen molar-refractivity contribution in [3.05, 3.63) is 53.9 Å². The number of aromatic nitrogens is 2. The van der Waals surface area contributed by atoms with Crippen molar-refractivity contribution in [3.8, 4) is 0 Å². The molecule has 0 aliphatic carbocycles. The third kappa shape index (κ3) is 3.20. The molecule has 5 nitrogen and oxygen atoms in total. The minimum Gasteiger partial charge on any atom is -0.347 e. The normalized spacial score (nSPS) is 21.8. The Balaban J connectivity index is 1.79. The predicted molar refractivity (Wildman–Crippen MR) is 81.6 cm³/mol. The average Bonchev–Trinajstić information content (AvgIpc) is 3.11. The first-order chi connectivity index (χ1) is 10.6. The zero-order chi connectivity index (χ0) is 15.6. The van der Waals surface area contributed by atoms with Crippen molar-refractivity contribution >= 4 is 9.84 Å². The van der Waals surface area contributed by atoms with E-state index >= 15 is 0 Å². The largest absolute Gasteiger partial charge is 0.347 e. The number of rotatable bonds is 5. The van der Waals surface area contributed by atoms with Crippen LogP contribution in [0, 0.1) is 5.82 Å². The number of halogens is 1. The topological polar surface area (TPSA) is 74.8 Å². The van der Waals surface area contributed by atoms with E-state index in [0.717, 1.165) is 12.0 Å². The summed E-state index contributed by atoms with van der Waals surface area (Å²) in [5.74, 6) is 0.642. The van der Waals surface area contributed by atoms with Crippen LogP contribution in [0.15, 0.2) is 36.7 Å². The van der Waals surface area contributed by atoms with Crippen LogP contribution in [0.1, 0.15) is 30.3 Å². The lowest BCUT2D eigenvalue weighted by Gasteiger charge is -2.19. The number of benzene rings is 1. The van der Waals surface area contributed by atoms with Crippen LogP contribution >= 0.6 is 0 Å². The van der Waals surface area contributed by atoms with Gasteiger partial charge in [0.05, 0.1) is 17.0 Å². The molecule has 2 atom stereocenters. The lowest BCUT2D eigenvalue weighted by atomic mass is 10.1. The van der Waals surface area contributed by atoms with E-state index < -0.39 is 9.84 Å². The van der Waals surface area contributed by atoms with Crippen LogP contribution in [0.5, 0.6) is 0 Å². The smallest absolute Gasteiger partial charge is 0.154 e. The first-order valence-electron chi connectivity index (χ1n) is 7.26. The highest BCUT2D eigenvalue weighted by atomic mass is 32.2. The van der Waals surface area contributed by atoms with E-state index in [1.807, 2.05) is 0 Å². The van der Waals surface area contributed by atoms with Crippen LogP contribution in [0.4, 0.5) is 4.39 Å². The second-order valence-corrected chi connectivity index (χ2v) is 7.90. The van der Waals surface area contributed by atoms with Gasteiger partial charge in [0.2, 0.25) is 0 Å². The van der Waals surface area contributed by atoms with Gasteiger partial charge in [-0.3, -0.25) is 0 Å². The van der Waals surface area contributed by atoms with Gasteiger partial charge in [-0.25, -0.2) is 17.8 Å². The van der Waals surface area contributed by atoms with E-state index in [2.05, 4.69) is 15.3 Å². The van der Waals surface area contributed by atoms with Gasteiger partial charge in [-0.2, -0.15) is 0 Å². The molecule has 1 aromatic carbocycles. The Hall–Kier alpha value is -1.73. The van der Waals surface area contributed by atoms with E-state index in [-0.39, 0.29) is 22.9 Å². The van der Waals surface area contributed by atoms with E-state index in [1.54, 1.807) is 24.5 Å². The summed E-state index contributed by atoms with van der Waals surface area (Å²) in [6.45, 7) is 0.366. The van der Waals surface area contributed by atoms with E-state index in [9.17, 15) is 12.8 Å². The molecule has 2 aromatic rings. The Morgan fingerprint density at radius 2 is 2.14 bits per heavy atom. The highest BCUT2D eigenvalue weighted by Crippen LogP contribution is 2.23. The fourth-order valence-corrected chi connectivity index (χ4v) is 4.58. The lowest BCUT2D eigenvalue weighted by molar-refractivity contribution is 0.541. The molecular weight excluding hydrogens is 305 g/mol. The molecular formula is C15H18FN3O2S. The molecule has 1 aromatic heterocycles. The second kappa shape index (κ2) is 6.18. The Kier molecular flexibility index (Phi) is 4.26. The summed E-state index contributed by atoms with van der Waals surface area (Å²) in [4.78, 5) is 7.27. The molecule has 1 fully saturated rings. The first kappa shape index (κ1) is 15.2. The third-order valence-electron chi connectivity index (χ3n) is 4.01. The van der Waals surface area contributed by atoms with Gasteiger partial charge in [0.1, 0.15) is 11.6 Å². The third-order valence-corrected chi connectivity index (χ3v) is 6.28. The maximum absolute atomic E-state index is 13.1. The number of aromatic amines is 1. The quantitative estimate of drug-likeness (QED) is 0.880. The molecule has 2 N–H and O–H groups in total. The molecule has 3 rings (SSSR count). The highest BCUT2D eigenvalue weighted by Gasteiger charge is 2.32. The molecule has 0 radical (unpaired) electrons. The van der Waals surface area contributed by atoms with Gasteiger partial charge in [0.15, 0.2) is 9.84 Å². The fourth-order valence-electron chi connectivity index (χ4n) is 2.80.